The van der Waals surface area contributed by atoms with Crippen molar-refractivity contribution < 1.29 is 4.79 Å². The van der Waals surface area contributed by atoms with Gasteiger partial charge in [-0.2, -0.15) is 0 Å². The summed E-state index contributed by atoms with van der Waals surface area (Å²) in [5.41, 5.74) is 1.09. The monoisotopic (exact) mass is 290 g/mol. The van der Waals surface area contributed by atoms with Gasteiger partial charge < -0.3 is 5.32 Å². The number of benzene rings is 1. The molecular formula is C14H18N4OS. The molecular weight excluding hydrogens is 272 g/mol. The van der Waals surface area contributed by atoms with E-state index in [0.29, 0.717) is 11.7 Å². The lowest BCUT2D eigenvalue weighted by atomic mass is 10.2. The van der Waals surface area contributed by atoms with Crippen LogP contribution in [0.15, 0.2) is 35.5 Å². The first-order chi connectivity index (χ1) is 9.69. The summed E-state index contributed by atoms with van der Waals surface area (Å²) in [6.45, 7) is 4.37. The maximum Gasteiger partial charge on any atom is 0.233 e. The van der Waals surface area contributed by atoms with Crippen molar-refractivity contribution in [2.45, 2.75) is 37.2 Å². The predicted molar refractivity (Wildman–Crippen MR) is 79.3 cm³/mol. The van der Waals surface area contributed by atoms with Gasteiger partial charge in [-0.1, -0.05) is 49.0 Å². The number of carbonyl (C=O) groups is 1. The van der Waals surface area contributed by atoms with E-state index in [4.69, 9.17) is 0 Å². The van der Waals surface area contributed by atoms with E-state index in [0.717, 1.165) is 17.8 Å². The van der Waals surface area contributed by atoms with Crippen molar-refractivity contribution >= 4 is 17.7 Å². The smallest absolute Gasteiger partial charge is 0.233 e. The molecule has 2 N–H and O–H groups in total. The second-order valence-corrected chi connectivity index (χ2v) is 5.59. The molecule has 2 rings (SSSR count). The van der Waals surface area contributed by atoms with Crippen LogP contribution in [-0.4, -0.2) is 26.3 Å². The lowest BCUT2D eigenvalue weighted by Crippen LogP contribution is -2.31. The van der Waals surface area contributed by atoms with Crippen molar-refractivity contribution in [3.05, 3.63) is 41.7 Å². The van der Waals surface area contributed by atoms with Crippen LogP contribution in [0.25, 0.3) is 0 Å². The van der Waals surface area contributed by atoms with Gasteiger partial charge in [0.25, 0.3) is 0 Å². The van der Waals surface area contributed by atoms with Gasteiger partial charge in [-0.05, 0) is 18.9 Å². The molecule has 0 aliphatic rings. The third kappa shape index (κ3) is 4.09. The number of nitrogens with one attached hydrogen (secondary N) is 2. The van der Waals surface area contributed by atoms with Crippen molar-refractivity contribution in [1.29, 1.82) is 0 Å². The van der Waals surface area contributed by atoms with E-state index < -0.39 is 0 Å². The highest BCUT2D eigenvalue weighted by atomic mass is 32.2. The van der Waals surface area contributed by atoms with E-state index in [2.05, 4.69) is 20.5 Å². The van der Waals surface area contributed by atoms with Gasteiger partial charge in [0.15, 0.2) is 0 Å². The SMILES string of the molecule is CCC(Sc1n[nH]c(C)n1)C(=O)NCc1ccccc1. The van der Waals surface area contributed by atoms with Crippen LogP contribution in [0.1, 0.15) is 24.7 Å². The summed E-state index contributed by atoms with van der Waals surface area (Å²) >= 11 is 1.39. The van der Waals surface area contributed by atoms with Gasteiger partial charge in [0.05, 0.1) is 5.25 Å². The summed E-state index contributed by atoms with van der Waals surface area (Å²) in [4.78, 5) is 16.4. The molecule has 1 aromatic carbocycles. The van der Waals surface area contributed by atoms with Crippen molar-refractivity contribution in [3.63, 3.8) is 0 Å². The molecule has 6 heteroatoms. The first kappa shape index (κ1) is 14.6. The van der Waals surface area contributed by atoms with Gasteiger partial charge in [-0.25, -0.2) is 4.98 Å². The maximum atomic E-state index is 12.2. The van der Waals surface area contributed by atoms with Crippen molar-refractivity contribution in [2.75, 3.05) is 0 Å². The van der Waals surface area contributed by atoms with Gasteiger partial charge in [0.2, 0.25) is 11.1 Å². The molecule has 1 aromatic heterocycles. The Morgan fingerprint density at radius 2 is 2.15 bits per heavy atom. The number of nitrogens with zero attached hydrogens (tertiary/aromatic N) is 2. The molecule has 0 radical (unpaired) electrons. The molecule has 0 spiro atoms. The third-order valence-electron chi connectivity index (χ3n) is 2.80. The van der Waals surface area contributed by atoms with Crippen LogP contribution >= 0.6 is 11.8 Å². The van der Waals surface area contributed by atoms with E-state index >= 15 is 0 Å². The maximum absolute atomic E-state index is 12.2. The topological polar surface area (TPSA) is 70.7 Å². The molecule has 0 aliphatic heterocycles. The van der Waals surface area contributed by atoms with E-state index in [-0.39, 0.29) is 11.2 Å². The molecule has 0 saturated carbocycles. The summed E-state index contributed by atoms with van der Waals surface area (Å²) < 4.78 is 0. The average molecular weight is 290 g/mol. The second kappa shape index (κ2) is 7.09. The molecule has 1 unspecified atom stereocenters. The summed E-state index contributed by atoms with van der Waals surface area (Å²) in [7, 11) is 0. The highest BCUT2D eigenvalue weighted by Gasteiger charge is 2.19. The van der Waals surface area contributed by atoms with E-state index in [1.165, 1.54) is 11.8 Å². The van der Waals surface area contributed by atoms with Crippen LogP contribution in [0.2, 0.25) is 0 Å². The molecule has 0 fully saturated rings. The lowest BCUT2D eigenvalue weighted by molar-refractivity contribution is -0.120. The van der Waals surface area contributed by atoms with Crippen LogP contribution in [0.5, 0.6) is 0 Å². The first-order valence-corrected chi connectivity index (χ1v) is 7.44. The minimum absolute atomic E-state index is 0.0174. The van der Waals surface area contributed by atoms with Gasteiger partial charge >= 0.3 is 0 Å². The number of amides is 1. The summed E-state index contributed by atoms with van der Waals surface area (Å²) in [6, 6.07) is 9.87. The first-order valence-electron chi connectivity index (χ1n) is 6.56. The summed E-state index contributed by atoms with van der Waals surface area (Å²) in [5, 5.41) is 10.2. The zero-order chi connectivity index (χ0) is 14.4. The largest absolute Gasteiger partial charge is 0.351 e. The van der Waals surface area contributed by atoms with Crippen LogP contribution in [-0.2, 0) is 11.3 Å². The normalized spacial score (nSPS) is 12.1. The molecule has 5 nitrogen and oxygen atoms in total. The van der Waals surface area contributed by atoms with Gasteiger partial charge in [0, 0.05) is 6.54 Å². The van der Waals surface area contributed by atoms with Crippen molar-refractivity contribution in [1.82, 2.24) is 20.5 Å². The Hall–Kier alpha value is -1.82. The summed E-state index contributed by atoms with van der Waals surface area (Å²) in [6.07, 6.45) is 0.735. The quantitative estimate of drug-likeness (QED) is 0.801. The number of thioether (sulfide) groups is 1. The number of carbonyl (C=O) groups excluding carboxylic acids is 1. The number of rotatable bonds is 6. The molecule has 106 valence electrons. The Bertz CT molecular complexity index is 555. The van der Waals surface area contributed by atoms with Crippen LogP contribution in [0, 0.1) is 6.92 Å². The van der Waals surface area contributed by atoms with Crippen LogP contribution < -0.4 is 5.32 Å². The van der Waals surface area contributed by atoms with Crippen LogP contribution in [0.4, 0.5) is 0 Å². The molecule has 1 amide bonds. The van der Waals surface area contributed by atoms with Gasteiger partial charge in [-0.15, -0.1) is 5.10 Å². The van der Waals surface area contributed by atoms with Crippen LogP contribution in [0.3, 0.4) is 0 Å². The molecule has 20 heavy (non-hydrogen) atoms. The second-order valence-electron chi connectivity index (χ2n) is 4.42. The van der Waals surface area contributed by atoms with Gasteiger partial charge in [0.1, 0.15) is 5.82 Å². The average Bonchev–Trinajstić information content (AvgIpc) is 2.88. The highest BCUT2D eigenvalue weighted by Crippen LogP contribution is 2.22. The van der Waals surface area contributed by atoms with E-state index in [9.17, 15) is 4.79 Å². The Balaban J connectivity index is 1.89. The Kier molecular flexibility index (Phi) is 5.17. The standard InChI is InChI=1S/C14H18N4OS/c1-3-12(20-14-16-10(2)17-18-14)13(19)15-9-11-7-5-4-6-8-11/h4-8,12H,3,9H2,1-2H3,(H,15,19)(H,16,17,18). The summed E-state index contributed by atoms with van der Waals surface area (Å²) in [5.74, 6) is 0.774. The fourth-order valence-electron chi connectivity index (χ4n) is 1.72. The molecule has 0 bridgehead atoms. The Labute approximate surface area is 122 Å². The third-order valence-corrected chi connectivity index (χ3v) is 4.02. The number of aryl methyl sites for hydroxylation is 1. The van der Waals surface area contributed by atoms with Crippen molar-refractivity contribution in [3.8, 4) is 0 Å². The minimum Gasteiger partial charge on any atom is -0.351 e. The predicted octanol–water partition coefficient (Wildman–Crippen LogP) is 2.30. The molecule has 0 aliphatic carbocycles. The molecule has 1 heterocycles. The lowest BCUT2D eigenvalue weighted by Gasteiger charge is -2.12. The molecule has 0 saturated heterocycles. The number of aromatic nitrogens is 3. The molecule has 2 aromatic rings. The zero-order valence-corrected chi connectivity index (χ0v) is 12.4. The number of hydrogen-bond donors (Lipinski definition) is 2. The van der Waals surface area contributed by atoms with Crippen molar-refractivity contribution in [2.24, 2.45) is 0 Å². The fraction of sp³-hybridized carbons (Fsp3) is 0.357. The Morgan fingerprint density at radius 3 is 2.75 bits per heavy atom. The Morgan fingerprint density at radius 1 is 1.40 bits per heavy atom. The van der Waals surface area contributed by atoms with Gasteiger partial charge in [-0.3, -0.25) is 9.89 Å². The number of hydrogen-bond acceptors (Lipinski definition) is 4. The van der Waals surface area contributed by atoms with E-state index in [1.807, 2.05) is 44.2 Å². The number of H-pyrrole nitrogens is 1. The molecule has 1 atom stereocenters. The highest BCUT2D eigenvalue weighted by molar-refractivity contribution is 8.00. The zero-order valence-electron chi connectivity index (χ0n) is 11.6. The van der Waals surface area contributed by atoms with E-state index in [1.54, 1.807) is 0 Å². The number of aromatic amines is 1. The fourth-order valence-corrected chi connectivity index (χ4v) is 2.62. The minimum atomic E-state index is -0.172.